The number of nitrogens with one attached hydrogen (secondary N) is 2. The maximum Gasteiger partial charge on any atom is 0.263 e. The van der Waals surface area contributed by atoms with E-state index < -0.39 is 10.0 Å². The molecule has 4 N–H and O–H groups in total. The summed E-state index contributed by atoms with van der Waals surface area (Å²) in [6.07, 6.45) is 1.25. The third-order valence-electron chi connectivity index (χ3n) is 2.90. The van der Waals surface area contributed by atoms with Crippen LogP contribution >= 0.6 is 11.3 Å². The van der Waals surface area contributed by atoms with Crippen LogP contribution in [-0.2, 0) is 10.0 Å². The Morgan fingerprint density at radius 1 is 1.14 bits per heavy atom. The normalized spacial score (nSPS) is 11.5. The highest BCUT2D eigenvalue weighted by atomic mass is 32.2. The molecule has 0 aliphatic heterocycles. The van der Waals surface area contributed by atoms with Gasteiger partial charge in [0.05, 0.1) is 0 Å². The molecule has 1 aromatic carbocycles. The summed E-state index contributed by atoms with van der Waals surface area (Å²) in [4.78, 5) is 3.97. The SMILES string of the molecule is NNc1ccc(S(=O)(=O)Nc2ccc3sccc3c2)cn1. The first-order valence-electron chi connectivity index (χ1n) is 6.01. The first kappa shape index (κ1) is 13.8. The number of nitrogens with two attached hydrogens (primary N) is 1. The molecule has 0 radical (unpaired) electrons. The summed E-state index contributed by atoms with van der Waals surface area (Å²) in [5, 5.41) is 2.96. The fourth-order valence-electron chi connectivity index (χ4n) is 1.87. The van der Waals surface area contributed by atoms with E-state index in [1.54, 1.807) is 23.5 Å². The smallest absolute Gasteiger partial charge is 0.263 e. The minimum absolute atomic E-state index is 0.0758. The van der Waals surface area contributed by atoms with Gasteiger partial charge in [0, 0.05) is 16.6 Å². The van der Waals surface area contributed by atoms with Gasteiger partial charge in [0.15, 0.2) is 0 Å². The van der Waals surface area contributed by atoms with E-state index in [9.17, 15) is 8.42 Å². The Morgan fingerprint density at radius 3 is 2.71 bits per heavy atom. The number of hydrogen-bond acceptors (Lipinski definition) is 6. The highest BCUT2D eigenvalue weighted by Gasteiger charge is 2.15. The number of hydrogen-bond donors (Lipinski definition) is 3. The van der Waals surface area contributed by atoms with Gasteiger partial charge in [-0.3, -0.25) is 4.72 Å². The number of benzene rings is 1. The first-order chi connectivity index (χ1) is 10.1. The van der Waals surface area contributed by atoms with Crippen molar-refractivity contribution in [2.24, 2.45) is 5.84 Å². The summed E-state index contributed by atoms with van der Waals surface area (Å²) in [5.74, 6) is 5.60. The molecule has 0 spiro atoms. The molecule has 3 aromatic rings. The van der Waals surface area contributed by atoms with Crippen molar-refractivity contribution in [3.05, 3.63) is 48.0 Å². The van der Waals surface area contributed by atoms with Gasteiger partial charge in [-0.2, -0.15) is 0 Å². The number of sulfonamides is 1. The molecule has 6 nitrogen and oxygen atoms in total. The second-order valence-electron chi connectivity index (χ2n) is 4.30. The van der Waals surface area contributed by atoms with E-state index >= 15 is 0 Å². The largest absolute Gasteiger partial charge is 0.308 e. The molecule has 3 rings (SSSR count). The molecule has 2 aromatic heterocycles. The maximum absolute atomic E-state index is 12.3. The molecule has 0 unspecified atom stereocenters. The van der Waals surface area contributed by atoms with Crippen molar-refractivity contribution in [2.45, 2.75) is 4.90 Å². The monoisotopic (exact) mass is 320 g/mol. The molecule has 0 atom stereocenters. The number of nitrogens with zero attached hydrogens (tertiary/aromatic N) is 1. The second-order valence-corrected chi connectivity index (χ2v) is 6.93. The molecule has 0 bridgehead atoms. The number of thiophene rings is 1. The van der Waals surface area contributed by atoms with Crippen LogP contribution < -0.4 is 16.0 Å². The lowest BCUT2D eigenvalue weighted by Gasteiger charge is -2.08. The van der Waals surface area contributed by atoms with Gasteiger partial charge in [0.2, 0.25) is 0 Å². The van der Waals surface area contributed by atoms with Crippen LogP contribution in [-0.4, -0.2) is 13.4 Å². The Kier molecular flexibility index (Phi) is 3.50. The van der Waals surface area contributed by atoms with Gasteiger partial charge in [0.25, 0.3) is 10.0 Å². The molecule has 21 heavy (non-hydrogen) atoms. The van der Waals surface area contributed by atoms with E-state index in [1.165, 1.54) is 18.3 Å². The van der Waals surface area contributed by atoms with Crippen molar-refractivity contribution in [2.75, 3.05) is 10.1 Å². The standard InChI is InChI=1S/C13H12N4O2S2/c14-16-13-4-2-11(8-15-13)21(18,19)17-10-1-3-12-9(7-10)5-6-20-12/h1-8,17H,14H2,(H,15,16). The van der Waals surface area contributed by atoms with E-state index in [0.29, 0.717) is 11.5 Å². The number of rotatable bonds is 4. The van der Waals surface area contributed by atoms with E-state index in [1.807, 2.05) is 17.5 Å². The Balaban J connectivity index is 1.90. The zero-order valence-electron chi connectivity index (χ0n) is 10.8. The molecule has 0 fully saturated rings. The summed E-state index contributed by atoms with van der Waals surface area (Å²) in [7, 11) is -3.67. The van der Waals surface area contributed by atoms with Crippen molar-refractivity contribution in [3.63, 3.8) is 0 Å². The third kappa shape index (κ3) is 2.82. The van der Waals surface area contributed by atoms with Crippen LogP contribution in [0.2, 0.25) is 0 Å². The van der Waals surface area contributed by atoms with E-state index in [2.05, 4.69) is 15.1 Å². The van der Waals surface area contributed by atoms with Crippen LogP contribution in [0, 0.1) is 0 Å². The summed E-state index contributed by atoms with van der Waals surface area (Å²) >= 11 is 1.61. The van der Waals surface area contributed by atoms with Crippen LogP contribution in [0.5, 0.6) is 0 Å². The van der Waals surface area contributed by atoms with Gasteiger partial charge in [-0.15, -0.1) is 11.3 Å². The average molecular weight is 320 g/mol. The second kappa shape index (κ2) is 5.32. The maximum atomic E-state index is 12.3. The van der Waals surface area contributed by atoms with Crippen molar-refractivity contribution in [1.82, 2.24) is 4.98 Å². The van der Waals surface area contributed by atoms with Crippen molar-refractivity contribution >= 4 is 43.0 Å². The number of nitrogen functional groups attached to an aromatic ring is 1. The lowest BCUT2D eigenvalue weighted by atomic mass is 10.2. The minimum Gasteiger partial charge on any atom is -0.308 e. The van der Waals surface area contributed by atoms with Gasteiger partial charge in [-0.05, 0) is 47.2 Å². The van der Waals surface area contributed by atoms with Gasteiger partial charge < -0.3 is 5.43 Å². The molecule has 0 aliphatic carbocycles. The summed E-state index contributed by atoms with van der Waals surface area (Å²) in [6.45, 7) is 0. The van der Waals surface area contributed by atoms with E-state index in [-0.39, 0.29) is 4.90 Å². The van der Waals surface area contributed by atoms with Gasteiger partial charge >= 0.3 is 0 Å². The fraction of sp³-hybridized carbons (Fsp3) is 0. The number of pyridine rings is 1. The highest BCUT2D eigenvalue weighted by Crippen LogP contribution is 2.25. The summed E-state index contributed by atoms with van der Waals surface area (Å²) in [6, 6.07) is 10.3. The highest BCUT2D eigenvalue weighted by molar-refractivity contribution is 7.92. The van der Waals surface area contributed by atoms with E-state index in [0.717, 1.165) is 10.1 Å². The number of fused-ring (bicyclic) bond motifs is 1. The predicted octanol–water partition coefficient (Wildman–Crippen LogP) is 2.38. The van der Waals surface area contributed by atoms with Crippen molar-refractivity contribution < 1.29 is 8.42 Å². The lowest BCUT2D eigenvalue weighted by Crippen LogP contribution is -2.14. The van der Waals surface area contributed by atoms with Crippen LogP contribution in [0.1, 0.15) is 0 Å². The van der Waals surface area contributed by atoms with Crippen LogP contribution in [0.3, 0.4) is 0 Å². The third-order valence-corrected chi connectivity index (χ3v) is 5.16. The topological polar surface area (TPSA) is 97.1 Å². The zero-order chi connectivity index (χ0) is 14.9. The Morgan fingerprint density at radius 2 is 2.00 bits per heavy atom. The number of hydrazine groups is 1. The molecule has 0 saturated heterocycles. The summed E-state index contributed by atoms with van der Waals surface area (Å²) in [5.41, 5.74) is 2.86. The number of aromatic nitrogens is 1. The van der Waals surface area contributed by atoms with Gasteiger partial charge in [-0.25, -0.2) is 19.2 Å². The fourth-order valence-corrected chi connectivity index (χ4v) is 3.63. The first-order valence-corrected chi connectivity index (χ1v) is 8.37. The lowest BCUT2D eigenvalue weighted by molar-refractivity contribution is 0.601. The zero-order valence-corrected chi connectivity index (χ0v) is 12.4. The minimum atomic E-state index is -3.67. The average Bonchev–Trinajstić information content (AvgIpc) is 2.94. The summed E-state index contributed by atoms with van der Waals surface area (Å²) < 4.78 is 28.2. The Bertz CT molecular complexity index is 873. The van der Waals surface area contributed by atoms with Crippen LogP contribution in [0.25, 0.3) is 10.1 Å². The van der Waals surface area contributed by atoms with Gasteiger partial charge in [0.1, 0.15) is 10.7 Å². The molecule has 0 amide bonds. The molecule has 2 heterocycles. The predicted molar refractivity (Wildman–Crippen MR) is 84.7 cm³/mol. The van der Waals surface area contributed by atoms with Crippen molar-refractivity contribution in [3.8, 4) is 0 Å². The molecule has 0 saturated carbocycles. The molecular formula is C13H12N4O2S2. The van der Waals surface area contributed by atoms with Crippen LogP contribution in [0.4, 0.5) is 11.5 Å². The van der Waals surface area contributed by atoms with Gasteiger partial charge in [-0.1, -0.05) is 0 Å². The van der Waals surface area contributed by atoms with Crippen LogP contribution in [0.15, 0.2) is 52.9 Å². The molecule has 8 heteroatoms. The quantitative estimate of drug-likeness (QED) is 0.506. The van der Waals surface area contributed by atoms with E-state index in [4.69, 9.17) is 5.84 Å². The number of anilines is 2. The molecular weight excluding hydrogens is 308 g/mol. The van der Waals surface area contributed by atoms with Crippen molar-refractivity contribution in [1.29, 1.82) is 0 Å². The Hall–Kier alpha value is -2.16. The Labute approximate surface area is 125 Å². The molecule has 108 valence electrons. The molecule has 0 aliphatic rings.